The van der Waals surface area contributed by atoms with Crippen molar-refractivity contribution in [2.45, 2.75) is 13.2 Å². The molecule has 0 atom stereocenters. The molecule has 0 aliphatic carbocycles. The van der Waals surface area contributed by atoms with E-state index in [1.807, 2.05) is 24.3 Å². The summed E-state index contributed by atoms with van der Waals surface area (Å²) in [5.74, 6) is 1.20. The Bertz CT molecular complexity index is 504. The summed E-state index contributed by atoms with van der Waals surface area (Å²) < 4.78 is 15.5. The highest BCUT2D eigenvalue weighted by Gasteiger charge is 2.03. The topological polar surface area (TPSA) is 61.6 Å². The highest BCUT2D eigenvalue weighted by atomic mass is 16.5. The molecule has 0 saturated heterocycles. The Hall–Kier alpha value is -2.14. The molecule has 18 heavy (non-hydrogen) atoms. The van der Waals surface area contributed by atoms with Crippen LogP contribution in [-0.2, 0) is 18.0 Å². The number of aromatic nitrogens is 1. The van der Waals surface area contributed by atoms with Gasteiger partial charge < -0.3 is 13.9 Å². The van der Waals surface area contributed by atoms with Gasteiger partial charge in [0.1, 0.15) is 24.3 Å². The Morgan fingerprint density at radius 2 is 2.06 bits per heavy atom. The normalized spacial score (nSPS) is 10.3. The Balaban J connectivity index is 1.82. The van der Waals surface area contributed by atoms with E-state index in [2.05, 4.69) is 4.98 Å². The largest absolute Gasteiger partial charge is 0.497 e. The molecule has 2 rings (SSSR count). The van der Waals surface area contributed by atoms with Crippen LogP contribution in [0.1, 0.15) is 21.9 Å². The van der Waals surface area contributed by atoms with Gasteiger partial charge >= 0.3 is 0 Å². The van der Waals surface area contributed by atoms with Crippen LogP contribution in [0.25, 0.3) is 0 Å². The SMILES string of the molecule is COc1ccc(COCc2nc(C=O)co2)cc1. The maximum absolute atomic E-state index is 10.4. The zero-order valence-electron chi connectivity index (χ0n) is 9.96. The van der Waals surface area contributed by atoms with Crippen molar-refractivity contribution in [1.29, 1.82) is 0 Å². The van der Waals surface area contributed by atoms with Crippen LogP contribution in [-0.4, -0.2) is 18.4 Å². The second-order valence-electron chi connectivity index (χ2n) is 3.62. The molecular weight excluding hydrogens is 234 g/mol. The number of carbonyl (C=O) groups excluding carboxylic acids is 1. The zero-order chi connectivity index (χ0) is 12.8. The van der Waals surface area contributed by atoms with Crippen LogP contribution < -0.4 is 4.74 Å². The molecule has 0 N–H and O–H groups in total. The van der Waals surface area contributed by atoms with Crippen molar-refractivity contribution in [3.05, 3.63) is 47.7 Å². The molecule has 0 radical (unpaired) electrons. The molecule has 5 heteroatoms. The van der Waals surface area contributed by atoms with Crippen LogP contribution in [0.15, 0.2) is 34.9 Å². The first-order valence-electron chi connectivity index (χ1n) is 5.42. The van der Waals surface area contributed by atoms with Gasteiger partial charge in [0.25, 0.3) is 0 Å². The molecule has 2 aromatic rings. The predicted octanol–water partition coefficient (Wildman–Crippen LogP) is 2.21. The number of aldehydes is 1. The summed E-state index contributed by atoms with van der Waals surface area (Å²) >= 11 is 0. The first kappa shape index (κ1) is 12.3. The lowest BCUT2D eigenvalue weighted by atomic mass is 10.2. The molecule has 0 fully saturated rings. The fourth-order valence-corrected chi connectivity index (χ4v) is 1.42. The van der Waals surface area contributed by atoms with E-state index in [1.165, 1.54) is 6.26 Å². The van der Waals surface area contributed by atoms with Gasteiger partial charge in [-0.2, -0.15) is 0 Å². The Labute approximate surface area is 104 Å². The van der Waals surface area contributed by atoms with Gasteiger partial charge in [-0.15, -0.1) is 0 Å². The van der Waals surface area contributed by atoms with Gasteiger partial charge in [-0.3, -0.25) is 4.79 Å². The molecule has 0 unspecified atom stereocenters. The molecule has 94 valence electrons. The summed E-state index contributed by atoms with van der Waals surface area (Å²) in [6.07, 6.45) is 1.94. The maximum atomic E-state index is 10.4. The van der Waals surface area contributed by atoms with Gasteiger partial charge in [0.2, 0.25) is 5.89 Å². The molecule has 0 aliphatic rings. The molecule has 0 saturated carbocycles. The van der Waals surface area contributed by atoms with Crippen molar-refractivity contribution in [2.75, 3.05) is 7.11 Å². The molecule has 0 amide bonds. The van der Waals surface area contributed by atoms with E-state index in [-0.39, 0.29) is 12.3 Å². The van der Waals surface area contributed by atoms with Crippen molar-refractivity contribution < 1.29 is 18.7 Å². The molecular formula is C13H13NO4. The van der Waals surface area contributed by atoms with Crippen molar-refractivity contribution in [3.8, 4) is 5.75 Å². The number of oxazole rings is 1. The Morgan fingerprint density at radius 3 is 2.67 bits per heavy atom. The summed E-state index contributed by atoms with van der Waals surface area (Å²) in [4.78, 5) is 14.3. The minimum absolute atomic E-state index is 0.236. The fourth-order valence-electron chi connectivity index (χ4n) is 1.42. The van der Waals surface area contributed by atoms with Crippen molar-refractivity contribution in [1.82, 2.24) is 4.98 Å². The van der Waals surface area contributed by atoms with Crippen LogP contribution in [0.3, 0.4) is 0 Å². The van der Waals surface area contributed by atoms with E-state index in [9.17, 15) is 4.79 Å². The maximum Gasteiger partial charge on any atom is 0.220 e. The van der Waals surface area contributed by atoms with E-state index in [0.29, 0.717) is 18.8 Å². The molecule has 0 bridgehead atoms. The summed E-state index contributed by atoms with van der Waals surface area (Å²) in [5, 5.41) is 0. The average Bonchev–Trinajstić information content (AvgIpc) is 2.87. The minimum Gasteiger partial charge on any atom is -0.497 e. The number of hydrogen-bond acceptors (Lipinski definition) is 5. The number of ether oxygens (including phenoxy) is 2. The Kier molecular flexibility index (Phi) is 4.09. The summed E-state index contributed by atoms with van der Waals surface area (Å²) in [7, 11) is 1.62. The lowest BCUT2D eigenvalue weighted by molar-refractivity contribution is 0.0894. The van der Waals surface area contributed by atoms with Crippen molar-refractivity contribution in [3.63, 3.8) is 0 Å². The quantitative estimate of drug-likeness (QED) is 0.732. The van der Waals surface area contributed by atoms with E-state index >= 15 is 0 Å². The highest BCUT2D eigenvalue weighted by Crippen LogP contribution is 2.12. The first-order valence-corrected chi connectivity index (χ1v) is 5.42. The third kappa shape index (κ3) is 3.18. The van der Waals surface area contributed by atoms with Gasteiger partial charge in [0.15, 0.2) is 6.29 Å². The third-order valence-electron chi connectivity index (χ3n) is 2.34. The summed E-state index contributed by atoms with van der Waals surface area (Å²) in [5.41, 5.74) is 1.30. The molecule has 0 spiro atoms. The second kappa shape index (κ2) is 5.97. The van der Waals surface area contributed by atoms with Crippen LogP contribution in [0.2, 0.25) is 0 Å². The van der Waals surface area contributed by atoms with E-state index in [1.54, 1.807) is 7.11 Å². The van der Waals surface area contributed by atoms with Gasteiger partial charge in [-0.25, -0.2) is 4.98 Å². The van der Waals surface area contributed by atoms with Crippen LogP contribution in [0, 0.1) is 0 Å². The van der Waals surface area contributed by atoms with Crippen LogP contribution in [0.4, 0.5) is 0 Å². The predicted molar refractivity (Wildman–Crippen MR) is 63.4 cm³/mol. The third-order valence-corrected chi connectivity index (χ3v) is 2.34. The second-order valence-corrected chi connectivity index (χ2v) is 3.62. The average molecular weight is 247 g/mol. The van der Waals surface area contributed by atoms with E-state index < -0.39 is 0 Å². The lowest BCUT2D eigenvalue weighted by Crippen LogP contribution is -1.95. The number of hydrogen-bond donors (Lipinski definition) is 0. The van der Waals surface area contributed by atoms with Gasteiger partial charge in [-0.1, -0.05) is 12.1 Å². The number of benzene rings is 1. The number of rotatable bonds is 6. The van der Waals surface area contributed by atoms with Crippen molar-refractivity contribution >= 4 is 6.29 Å². The molecule has 1 heterocycles. The minimum atomic E-state index is 0.236. The van der Waals surface area contributed by atoms with Gasteiger partial charge in [-0.05, 0) is 17.7 Å². The van der Waals surface area contributed by atoms with E-state index in [0.717, 1.165) is 11.3 Å². The monoisotopic (exact) mass is 247 g/mol. The van der Waals surface area contributed by atoms with Gasteiger partial charge in [0.05, 0.1) is 13.7 Å². The lowest BCUT2D eigenvalue weighted by Gasteiger charge is -2.03. The molecule has 1 aromatic heterocycles. The Morgan fingerprint density at radius 1 is 1.28 bits per heavy atom. The summed E-state index contributed by atoms with van der Waals surface area (Å²) in [6.45, 7) is 0.683. The number of nitrogens with zero attached hydrogens (tertiary/aromatic N) is 1. The van der Waals surface area contributed by atoms with E-state index in [4.69, 9.17) is 13.9 Å². The molecule has 5 nitrogen and oxygen atoms in total. The van der Waals surface area contributed by atoms with Crippen LogP contribution in [0.5, 0.6) is 5.75 Å². The molecule has 1 aromatic carbocycles. The van der Waals surface area contributed by atoms with Gasteiger partial charge in [0, 0.05) is 0 Å². The molecule has 0 aliphatic heterocycles. The van der Waals surface area contributed by atoms with Crippen molar-refractivity contribution in [2.24, 2.45) is 0 Å². The number of carbonyl (C=O) groups is 1. The van der Waals surface area contributed by atoms with Crippen LogP contribution >= 0.6 is 0 Å². The fraction of sp³-hybridized carbons (Fsp3) is 0.231. The summed E-state index contributed by atoms with van der Waals surface area (Å²) in [6, 6.07) is 7.58. The zero-order valence-corrected chi connectivity index (χ0v) is 9.96. The highest BCUT2D eigenvalue weighted by molar-refractivity contribution is 5.70. The first-order chi connectivity index (χ1) is 8.81. The smallest absolute Gasteiger partial charge is 0.220 e. The number of methoxy groups -OCH3 is 1. The standard InChI is InChI=1S/C13H13NO4/c1-16-12-4-2-10(3-5-12)7-17-9-13-14-11(6-15)8-18-13/h2-6,8H,7,9H2,1H3.